The zero-order valence-electron chi connectivity index (χ0n) is 7.18. The lowest BCUT2D eigenvalue weighted by molar-refractivity contribution is -0.119. The molecule has 1 saturated heterocycles. The Bertz CT molecular complexity index is 147. The first-order valence-corrected chi connectivity index (χ1v) is 4.16. The van der Waals surface area contributed by atoms with Gasteiger partial charge in [-0.2, -0.15) is 0 Å². The van der Waals surface area contributed by atoms with E-state index >= 15 is 0 Å². The molecule has 0 bridgehead atoms. The van der Waals surface area contributed by atoms with Crippen LogP contribution < -0.4 is 10.6 Å². The fraction of sp³-hybridized carbons (Fsp3) is 0.875. The van der Waals surface area contributed by atoms with Crippen molar-refractivity contribution in [1.82, 2.24) is 10.6 Å². The Kier molecular flexibility index (Phi) is 2.88. The van der Waals surface area contributed by atoms with Crippen molar-refractivity contribution in [3.8, 4) is 0 Å². The minimum atomic E-state index is 0.0749. The van der Waals surface area contributed by atoms with Gasteiger partial charge in [0.2, 0.25) is 5.91 Å². The maximum Gasteiger partial charge on any atom is 0.217 e. The van der Waals surface area contributed by atoms with E-state index in [9.17, 15) is 4.79 Å². The summed E-state index contributed by atoms with van der Waals surface area (Å²) < 4.78 is 0. The van der Waals surface area contributed by atoms with Gasteiger partial charge in [0.25, 0.3) is 0 Å². The maximum atomic E-state index is 10.7. The third kappa shape index (κ3) is 2.89. The number of carbonyl (C=O) groups is 1. The fourth-order valence-corrected chi connectivity index (χ4v) is 1.55. The van der Waals surface area contributed by atoms with E-state index in [1.165, 1.54) is 0 Å². The van der Waals surface area contributed by atoms with E-state index in [0.29, 0.717) is 12.0 Å². The van der Waals surface area contributed by atoms with E-state index in [2.05, 4.69) is 17.6 Å². The first-order chi connectivity index (χ1) is 5.18. The molecule has 0 unspecified atom stereocenters. The van der Waals surface area contributed by atoms with Gasteiger partial charge in [-0.3, -0.25) is 4.79 Å². The summed E-state index contributed by atoms with van der Waals surface area (Å²) >= 11 is 0. The van der Waals surface area contributed by atoms with Gasteiger partial charge < -0.3 is 10.6 Å². The molecule has 0 spiro atoms. The lowest BCUT2D eigenvalue weighted by Gasteiger charge is -2.27. The molecule has 0 saturated carbocycles. The lowest BCUT2D eigenvalue weighted by atomic mass is 9.98. The molecule has 1 aliphatic rings. The largest absolute Gasteiger partial charge is 0.352 e. The summed E-state index contributed by atoms with van der Waals surface area (Å²) in [5, 5.41) is 6.19. The van der Waals surface area contributed by atoms with Gasteiger partial charge in [0.1, 0.15) is 0 Å². The van der Waals surface area contributed by atoms with Crippen LogP contribution in [-0.2, 0) is 4.79 Å². The third-order valence-corrected chi connectivity index (χ3v) is 1.98. The van der Waals surface area contributed by atoms with Crippen LogP contribution in [0.15, 0.2) is 0 Å². The molecule has 1 rings (SSSR count). The van der Waals surface area contributed by atoms with Crippen molar-refractivity contribution in [3.63, 3.8) is 0 Å². The molecule has 0 aromatic carbocycles. The summed E-state index contributed by atoms with van der Waals surface area (Å²) in [5.41, 5.74) is 0. The third-order valence-electron chi connectivity index (χ3n) is 1.98. The topological polar surface area (TPSA) is 41.1 Å². The van der Waals surface area contributed by atoms with Crippen LogP contribution >= 0.6 is 0 Å². The van der Waals surface area contributed by atoms with Gasteiger partial charge in [-0.25, -0.2) is 0 Å². The Hall–Kier alpha value is -0.570. The molecule has 1 heterocycles. The molecule has 1 amide bonds. The molecule has 3 nitrogen and oxygen atoms in total. The van der Waals surface area contributed by atoms with Gasteiger partial charge in [-0.05, 0) is 18.9 Å². The quantitative estimate of drug-likeness (QED) is 0.566. The number of carbonyl (C=O) groups excluding carboxylic acids is 1. The number of rotatable bonds is 1. The highest BCUT2D eigenvalue weighted by Gasteiger charge is 2.18. The Morgan fingerprint density at radius 3 is 2.82 bits per heavy atom. The monoisotopic (exact) mass is 156 g/mol. The smallest absolute Gasteiger partial charge is 0.217 e. The highest BCUT2D eigenvalue weighted by Crippen LogP contribution is 2.08. The summed E-state index contributed by atoms with van der Waals surface area (Å²) in [5.74, 6) is 0.756. The second kappa shape index (κ2) is 3.72. The number of hydrogen-bond acceptors (Lipinski definition) is 2. The molecule has 3 heteroatoms. The van der Waals surface area contributed by atoms with Crippen molar-refractivity contribution in [2.45, 2.75) is 26.3 Å². The SMILES string of the molecule is CC(=O)N[C@H]1CNC[C@@H](C)C1. The first-order valence-electron chi connectivity index (χ1n) is 4.16. The molecule has 0 radical (unpaired) electrons. The minimum absolute atomic E-state index is 0.0749. The Balaban J connectivity index is 2.28. The zero-order valence-corrected chi connectivity index (χ0v) is 7.18. The number of hydrogen-bond donors (Lipinski definition) is 2. The van der Waals surface area contributed by atoms with Gasteiger partial charge in [0.15, 0.2) is 0 Å². The van der Waals surface area contributed by atoms with Gasteiger partial charge >= 0.3 is 0 Å². The van der Waals surface area contributed by atoms with Gasteiger partial charge in [0, 0.05) is 19.5 Å². The van der Waals surface area contributed by atoms with Crippen LogP contribution in [-0.4, -0.2) is 25.0 Å². The normalized spacial score (nSPS) is 31.5. The van der Waals surface area contributed by atoms with Crippen LogP contribution in [0, 0.1) is 5.92 Å². The summed E-state index contributed by atoms with van der Waals surface area (Å²) in [7, 11) is 0. The zero-order chi connectivity index (χ0) is 8.27. The number of amides is 1. The molecular formula is C8H16N2O. The molecule has 2 atom stereocenters. The number of nitrogens with one attached hydrogen (secondary N) is 2. The van der Waals surface area contributed by atoms with Gasteiger partial charge in [0.05, 0.1) is 0 Å². The summed E-state index contributed by atoms with van der Waals surface area (Å²) in [6.45, 7) is 5.76. The van der Waals surface area contributed by atoms with Crippen LogP contribution in [0.2, 0.25) is 0 Å². The summed E-state index contributed by atoms with van der Waals surface area (Å²) in [4.78, 5) is 10.7. The molecule has 1 aliphatic heterocycles. The van der Waals surface area contributed by atoms with Gasteiger partial charge in [-0.15, -0.1) is 0 Å². The standard InChI is InChI=1S/C8H16N2O/c1-6-3-8(5-9-4-6)10-7(2)11/h6,8-9H,3-5H2,1-2H3,(H,10,11)/t6-,8+/m0/s1. The second-order valence-corrected chi connectivity index (χ2v) is 3.40. The molecule has 0 aromatic rings. The Morgan fingerprint density at radius 2 is 2.27 bits per heavy atom. The van der Waals surface area contributed by atoms with E-state index < -0.39 is 0 Å². The molecule has 11 heavy (non-hydrogen) atoms. The Morgan fingerprint density at radius 1 is 1.55 bits per heavy atom. The van der Waals surface area contributed by atoms with Crippen LogP contribution in [0.1, 0.15) is 20.3 Å². The first kappa shape index (κ1) is 8.53. The molecular weight excluding hydrogens is 140 g/mol. The van der Waals surface area contributed by atoms with Crippen molar-refractivity contribution >= 4 is 5.91 Å². The van der Waals surface area contributed by atoms with Crippen LogP contribution in [0.25, 0.3) is 0 Å². The van der Waals surface area contributed by atoms with Crippen LogP contribution in [0.3, 0.4) is 0 Å². The molecule has 1 fully saturated rings. The van der Waals surface area contributed by atoms with E-state index in [0.717, 1.165) is 19.5 Å². The van der Waals surface area contributed by atoms with Crippen molar-refractivity contribution in [3.05, 3.63) is 0 Å². The van der Waals surface area contributed by atoms with Crippen molar-refractivity contribution in [1.29, 1.82) is 0 Å². The van der Waals surface area contributed by atoms with E-state index in [1.807, 2.05) is 0 Å². The minimum Gasteiger partial charge on any atom is -0.352 e. The molecule has 64 valence electrons. The Labute approximate surface area is 67.5 Å². The molecule has 0 aliphatic carbocycles. The van der Waals surface area contributed by atoms with Gasteiger partial charge in [-0.1, -0.05) is 6.92 Å². The second-order valence-electron chi connectivity index (χ2n) is 3.40. The number of piperidine rings is 1. The van der Waals surface area contributed by atoms with Crippen LogP contribution in [0.4, 0.5) is 0 Å². The predicted molar refractivity (Wildman–Crippen MR) is 44.3 cm³/mol. The van der Waals surface area contributed by atoms with E-state index in [4.69, 9.17) is 0 Å². The van der Waals surface area contributed by atoms with E-state index in [1.54, 1.807) is 6.92 Å². The fourth-order valence-electron chi connectivity index (χ4n) is 1.55. The van der Waals surface area contributed by atoms with Crippen molar-refractivity contribution in [2.75, 3.05) is 13.1 Å². The molecule has 0 aromatic heterocycles. The molecule has 2 N–H and O–H groups in total. The predicted octanol–water partition coefficient (Wildman–Crippen LogP) is 0.120. The average Bonchev–Trinajstić information content (AvgIpc) is 1.85. The summed E-state index contributed by atoms with van der Waals surface area (Å²) in [6, 6.07) is 0.344. The van der Waals surface area contributed by atoms with Crippen molar-refractivity contribution in [2.24, 2.45) is 5.92 Å². The van der Waals surface area contributed by atoms with Crippen molar-refractivity contribution < 1.29 is 4.79 Å². The average molecular weight is 156 g/mol. The maximum absolute atomic E-state index is 10.7. The lowest BCUT2D eigenvalue weighted by Crippen LogP contribution is -2.47. The van der Waals surface area contributed by atoms with Crippen LogP contribution in [0.5, 0.6) is 0 Å². The van der Waals surface area contributed by atoms with E-state index in [-0.39, 0.29) is 5.91 Å². The highest BCUT2D eigenvalue weighted by atomic mass is 16.1. The highest BCUT2D eigenvalue weighted by molar-refractivity contribution is 5.73. The summed E-state index contributed by atoms with van der Waals surface area (Å²) in [6.07, 6.45) is 1.10.